The lowest BCUT2D eigenvalue weighted by molar-refractivity contribution is 0.101. The SMILES string of the molecule is N#Cc1cc(F)cc(-c2nc(C(=O)c3nc(-c4cc(F)cc(C#N)c4)nc(-c4cc(F)cc(C#N)c4)n3)nc(-c3cc(F)cc(C#N)c3)n2)c1. The van der Waals surface area contributed by atoms with Gasteiger partial charge in [0.25, 0.3) is 5.78 Å². The number of carbonyl (C=O) groups is 1. The van der Waals surface area contributed by atoms with Crippen LogP contribution in [0.2, 0.25) is 0 Å². The lowest BCUT2D eigenvalue weighted by Gasteiger charge is -2.10. The molecule has 0 saturated carbocycles. The Morgan fingerprint density at radius 2 is 0.640 bits per heavy atom. The molecule has 0 bridgehead atoms. The van der Waals surface area contributed by atoms with Gasteiger partial charge in [0, 0.05) is 22.3 Å². The highest BCUT2D eigenvalue weighted by Gasteiger charge is 2.24. The van der Waals surface area contributed by atoms with Crippen molar-refractivity contribution in [2.24, 2.45) is 0 Å². The van der Waals surface area contributed by atoms with Gasteiger partial charge in [-0.2, -0.15) is 21.0 Å². The molecule has 6 rings (SSSR count). The number of nitrogens with zero attached hydrogens (tertiary/aromatic N) is 10. The molecule has 0 radical (unpaired) electrons. The predicted octanol–water partition coefficient (Wildman–Crippen LogP) is 6.00. The first-order chi connectivity index (χ1) is 24.0. The van der Waals surface area contributed by atoms with Gasteiger partial charge in [-0.15, -0.1) is 0 Å². The van der Waals surface area contributed by atoms with Gasteiger partial charge in [-0.1, -0.05) is 0 Å². The van der Waals surface area contributed by atoms with E-state index in [4.69, 9.17) is 0 Å². The summed E-state index contributed by atoms with van der Waals surface area (Å²) in [4.78, 5) is 39.3. The zero-order valence-electron chi connectivity index (χ0n) is 24.8. The Hall–Kier alpha value is -7.75. The molecule has 0 amide bonds. The Kier molecular flexibility index (Phi) is 8.48. The molecule has 4 aromatic carbocycles. The third-order valence-electron chi connectivity index (χ3n) is 6.82. The average molecular weight is 665 g/mol. The highest BCUT2D eigenvalue weighted by atomic mass is 19.1. The van der Waals surface area contributed by atoms with Crippen LogP contribution in [-0.4, -0.2) is 35.7 Å². The molecule has 236 valence electrons. The second kappa shape index (κ2) is 13.2. The van der Waals surface area contributed by atoms with Crippen molar-refractivity contribution in [2.45, 2.75) is 0 Å². The van der Waals surface area contributed by atoms with E-state index in [9.17, 15) is 43.4 Å². The number of benzene rings is 4. The Balaban J connectivity index is 1.60. The average Bonchev–Trinajstić information content (AvgIpc) is 3.12. The number of nitriles is 4. The summed E-state index contributed by atoms with van der Waals surface area (Å²) in [6.07, 6.45) is 0. The van der Waals surface area contributed by atoms with Gasteiger partial charge in [0.05, 0.1) is 46.5 Å². The van der Waals surface area contributed by atoms with Gasteiger partial charge >= 0.3 is 0 Å². The monoisotopic (exact) mass is 664 g/mol. The summed E-state index contributed by atoms with van der Waals surface area (Å²) in [5, 5.41) is 37.5. The highest BCUT2D eigenvalue weighted by molar-refractivity contribution is 6.04. The molecule has 15 heteroatoms. The number of hydrogen-bond donors (Lipinski definition) is 0. The van der Waals surface area contributed by atoms with E-state index < -0.39 is 40.7 Å². The molecule has 0 aliphatic carbocycles. The molecule has 0 fully saturated rings. The van der Waals surface area contributed by atoms with Crippen molar-refractivity contribution >= 4 is 5.78 Å². The van der Waals surface area contributed by atoms with Gasteiger partial charge in [0.1, 0.15) is 23.3 Å². The van der Waals surface area contributed by atoms with E-state index >= 15 is 0 Å². The molecule has 0 aliphatic heterocycles. The van der Waals surface area contributed by atoms with Gasteiger partial charge in [-0.3, -0.25) is 4.79 Å². The molecule has 0 N–H and O–H groups in total. The molecule has 0 unspecified atom stereocenters. The maximum absolute atomic E-state index is 14.5. The van der Waals surface area contributed by atoms with E-state index in [2.05, 4.69) is 29.9 Å². The van der Waals surface area contributed by atoms with E-state index in [1.807, 2.05) is 0 Å². The van der Waals surface area contributed by atoms with Gasteiger partial charge in [0.2, 0.25) is 11.6 Å². The fourth-order valence-corrected chi connectivity index (χ4v) is 4.70. The molecule has 50 heavy (non-hydrogen) atoms. The van der Waals surface area contributed by atoms with Crippen LogP contribution in [0.5, 0.6) is 0 Å². The van der Waals surface area contributed by atoms with E-state index in [-0.39, 0.29) is 67.8 Å². The number of carbonyl (C=O) groups excluding carboxylic acids is 1. The van der Waals surface area contributed by atoms with Gasteiger partial charge in [0.15, 0.2) is 23.3 Å². The summed E-state index contributed by atoms with van der Waals surface area (Å²) in [6.45, 7) is 0. The van der Waals surface area contributed by atoms with Crippen molar-refractivity contribution < 1.29 is 22.4 Å². The van der Waals surface area contributed by atoms with Crippen LogP contribution in [0.4, 0.5) is 17.6 Å². The first-order valence-corrected chi connectivity index (χ1v) is 14.0. The second-order valence-electron chi connectivity index (χ2n) is 10.3. The molecule has 6 aromatic rings. The Morgan fingerprint density at radius 1 is 0.400 bits per heavy atom. The van der Waals surface area contributed by atoms with Crippen molar-refractivity contribution in [1.29, 1.82) is 21.0 Å². The standard InChI is InChI=1S/C35H12F4N10O/c36-25-5-17(13-40)1-21(9-25)30-44-31(22-2-18(14-41)6-26(37)10-22)47-34(46-30)29(50)35-48-32(23-3-19(15-42)7-27(38)11-23)45-33(49-35)24-4-20(16-43)8-28(39)12-24/h1-12H. The van der Waals surface area contributed by atoms with Gasteiger partial charge in [-0.25, -0.2) is 47.5 Å². The largest absolute Gasteiger partial charge is 0.281 e. The lowest BCUT2D eigenvalue weighted by Crippen LogP contribution is -2.16. The minimum Gasteiger partial charge on any atom is -0.281 e. The smallest absolute Gasteiger partial charge is 0.267 e. The molecule has 11 nitrogen and oxygen atoms in total. The molecule has 0 atom stereocenters. The first-order valence-electron chi connectivity index (χ1n) is 14.0. The number of halogens is 4. The van der Waals surface area contributed by atoms with Crippen LogP contribution in [-0.2, 0) is 0 Å². The fraction of sp³-hybridized carbons (Fsp3) is 0. The highest BCUT2D eigenvalue weighted by Crippen LogP contribution is 2.27. The maximum Gasteiger partial charge on any atom is 0.267 e. The van der Waals surface area contributed by atoms with Crippen molar-refractivity contribution in [3.05, 3.63) is 130 Å². The molecule has 0 spiro atoms. The number of hydrogen-bond acceptors (Lipinski definition) is 11. The summed E-state index contributed by atoms with van der Waals surface area (Å²) >= 11 is 0. The quantitative estimate of drug-likeness (QED) is 0.150. The van der Waals surface area contributed by atoms with Crippen LogP contribution < -0.4 is 0 Å². The van der Waals surface area contributed by atoms with Crippen LogP contribution in [0.25, 0.3) is 45.6 Å². The van der Waals surface area contributed by atoms with E-state index in [0.717, 1.165) is 48.5 Å². The molecular weight excluding hydrogens is 652 g/mol. The summed E-state index contributed by atoms with van der Waals surface area (Å²) < 4.78 is 57.9. The Morgan fingerprint density at radius 3 is 0.860 bits per heavy atom. The summed E-state index contributed by atoms with van der Waals surface area (Å²) in [5.74, 6) is -7.15. The normalized spacial score (nSPS) is 10.4. The van der Waals surface area contributed by atoms with Crippen LogP contribution in [0, 0.1) is 68.6 Å². The van der Waals surface area contributed by atoms with Crippen LogP contribution in [0.15, 0.2) is 72.8 Å². The Bertz CT molecular complexity index is 2240. The number of aromatic nitrogens is 6. The molecule has 0 saturated heterocycles. The molecule has 2 aromatic heterocycles. The molecular formula is C35H12F4N10O. The van der Waals surface area contributed by atoms with Crippen molar-refractivity contribution in [3.8, 4) is 69.8 Å². The maximum atomic E-state index is 14.5. The van der Waals surface area contributed by atoms with Crippen molar-refractivity contribution in [1.82, 2.24) is 29.9 Å². The lowest BCUT2D eigenvalue weighted by atomic mass is 10.1. The second-order valence-corrected chi connectivity index (χ2v) is 10.3. The Labute approximate surface area is 278 Å². The van der Waals surface area contributed by atoms with Crippen LogP contribution in [0.3, 0.4) is 0 Å². The van der Waals surface area contributed by atoms with Crippen LogP contribution in [0.1, 0.15) is 38.7 Å². The first kappa shape index (κ1) is 32.2. The van der Waals surface area contributed by atoms with E-state index in [0.29, 0.717) is 0 Å². The topological polar surface area (TPSA) is 190 Å². The zero-order chi connectivity index (χ0) is 35.5. The molecule has 0 aliphatic rings. The molecule has 2 heterocycles. The van der Waals surface area contributed by atoms with E-state index in [1.54, 1.807) is 24.3 Å². The predicted molar refractivity (Wildman–Crippen MR) is 164 cm³/mol. The summed E-state index contributed by atoms with van der Waals surface area (Å²) in [6, 6.07) is 19.8. The van der Waals surface area contributed by atoms with Gasteiger partial charge in [-0.05, 0) is 72.8 Å². The third-order valence-corrected chi connectivity index (χ3v) is 6.82. The van der Waals surface area contributed by atoms with Crippen LogP contribution >= 0.6 is 0 Å². The minimum absolute atomic E-state index is 0.0687. The minimum atomic E-state index is -1.12. The fourth-order valence-electron chi connectivity index (χ4n) is 4.70. The van der Waals surface area contributed by atoms with Gasteiger partial charge < -0.3 is 0 Å². The summed E-state index contributed by atoms with van der Waals surface area (Å²) in [5.41, 5.74) is -0.728. The van der Waals surface area contributed by atoms with E-state index in [1.165, 1.54) is 24.3 Å². The number of ketones is 1. The number of rotatable bonds is 6. The summed E-state index contributed by atoms with van der Waals surface area (Å²) in [7, 11) is 0. The van der Waals surface area contributed by atoms with Crippen molar-refractivity contribution in [2.75, 3.05) is 0 Å². The zero-order valence-corrected chi connectivity index (χ0v) is 24.8. The van der Waals surface area contributed by atoms with Crippen molar-refractivity contribution in [3.63, 3.8) is 0 Å². The third kappa shape index (κ3) is 6.69.